The molecule has 0 spiro atoms. The molecule has 3 unspecified atom stereocenters. The van der Waals surface area contributed by atoms with E-state index in [0.717, 1.165) is 25.7 Å². The van der Waals surface area contributed by atoms with Gasteiger partial charge in [-0.05, 0) is 31.7 Å². The van der Waals surface area contributed by atoms with Gasteiger partial charge in [0.2, 0.25) is 0 Å². The van der Waals surface area contributed by atoms with Gasteiger partial charge in [-0.2, -0.15) is 0 Å². The lowest BCUT2D eigenvalue weighted by atomic mass is 9.57. The maximum absolute atomic E-state index is 5.94. The van der Waals surface area contributed by atoms with Crippen molar-refractivity contribution in [3.8, 4) is 0 Å². The van der Waals surface area contributed by atoms with Crippen molar-refractivity contribution in [3.63, 3.8) is 0 Å². The fourth-order valence-electron chi connectivity index (χ4n) is 5.25. The number of ether oxygens (including phenoxy) is 1. The largest absolute Gasteiger partial charge is 0.377 e. The van der Waals surface area contributed by atoms with E-state index in [2.05, 4.69) is 61.7 Å². The lowest BCUT2D eigenvalue weighted by Crippen LogP contribution is -2.68. The fraction of sp³-hybridized carbons (Fsp3) is 0.682. The van der Waals surface area contributed by atoms with Crippen LogP contribution in [0.3, 0.4) is 0 Å². The van der Waals surface area contributed by atoms with E-state index in [1.165, 1.54) is 31.2 Å². The number of nitrogens with zero attached hydrogens (tertiary/aromatic N) is 1. The molecular weight excluding hydrogens is 322 g/mol. The molecule has 3 atom stereocenters. The van der Waals surface area contributed by atoms with E-state index >= 15 is 0 Å². The molecule has 26 heavy (non-hydrogen) atoms. The smallest absolute Gasteiger partial charge is 0.191 e. The van der Waals surface area contributed by atoms with Crippen LogP contribution in [0.2, 0.25) is 0 Å². The first-order valence-corrected chi connectivity index (χ1v) is 10.3. The second-order valence-electron chi connectivity index (χ2n) is 8.88. The molecule has 1 aliphatic heterocycles. The molecule has 1 saturated heterocycles. The molecule has 2 N–H and O–H groups in total. The lowest BCUT2D eigenvalue weighted by molar-refractivity contribution is -0.106. The van der Waals surface area contributed by atoms with Crippen molar-refractivity contribution in [2.24, 2.45) is 16.3 Å². The molecule has 0 aromatic heterocycles. The first kappa shape index (κ1) is 17.8. The molecule has 142 valence electrons. The summed E-state index contributed by atoms with van der Waals surface area (Å²) in [5.41, 5.74) is 1.85. The first-order valence-electron chi connectivity index (χ1n) is 10.3. The average Bonchev–Trinajstić information content (AvgIpc) is 3.06. The Hall–Kier alpha value is -1.55. The minimum atomic E-state index is 0.172. The van der Waals surface area contributed by atoms with Gasteiger partial charge in [-0.1, -0.05) is 50.6 Å². The number of guanidine groups is 1. The van der Waals surface area contributed by atoms with Crippen LogP contribution in [0.5, 0.6) is 0 Å². The highest BCUT2D eigenvalue weighted by atomic mass is 16.5. The van der Waals surface area contributed by atoms with Gasteiger partial charge in [0.15, 0.2) is 5.96 Å². The maximum Gasteiger partial charge on any atom is 0.191 e. The van der Waals surface area contributed by atoms with Crippen molar-refractivity contribution in [2.75, 3.05) is 19.7 Å². The van der Waals surface area contributed by atoms with Crippen LogP contribution < -0.4 is 10.6 Å². The summed E-state index contributed by atoms with van der Waals surface area (Å²) >= 11 is 0. The van der Waals surface area contributed by atoms with Crippen LogP contribution in [-0.2, 0) is 10.2 Å². The van der Waals surface area contributed by atoms with Crippen molar-refractivity contribution in [1.29, 1.82) is 0 Å². The van der Waals surface area contributed by atoms with Gasteiger partial charge < -0.3 is 15.4 Å². The normalized spacial score (nSPS) is 31.5. The summed E-state index contributed by atoms with van der Waals surface area (Å²) in [7, 11) is 0. The molecule has 2 saturated carbocycles. The summed E-state index contributed by atoms with van der Waals surface area (Å²) in [4.78, 5) is 5.04. The average molecular weight is 356 g/mol. The second kappa shape index (κ2) is 6.88. The Morgan fingerprint density at radius 1 is 1.23 bits per heavy atom. The van der Waals surface area contributed by atoms with Crippen molar-refractivity contribution >= 4 is 5.96 Å². The van der Waals surface area contributed by atoms with Crippen LogP contribution in [0.25, 0.3) is 0 Å². The lowest BCUT2D eigenvalue weighted by Gasteiger charge is -2.55. The summed E-state index contributed by atoms with van der Waals surface area (Å²) in [5.74, 6) is 1.60. The zero-order valence-electron chi connectivity index (χ0n) is 16.4. The van der Waals surface area contributed by atoms with Gasteiger partial charge in [-0.15, -0.1) is 0 Å². The Morgan fingerprint density at radius 3 is 2.65 bits per heavy atom. The number of benzene rings is 1. The zero-order valence-corrected chi connectivity index (χ0v) is 16.4. The van der Waals surface area contributed by atoms with E-state index in [4.69, 9.17) is 9.73 Å². The minimum absolute atomic E-state index is 0.172. The molecule has 2 aliphatic carbocycles. The van der Waals surface area contributed by atoms with Crippen molar-refractivity contribution in [2.45, 2.75) is 64.0 Å². The van der Waals surface area contributed by atoms with Crippen molar-refractivity contribution in [3.05, 3.63) is 35.9 Å². The molecule has 3 aliphatic rings. The topological polar surface area (TPSA) is 45.7 Å². The number of fused-ring (bicyclic) bond motifs is 1. The molecule has 0 radical (unpaired) electrons. The number of hydrogen-bond acceptors (Lipinski definition) is 2. The third-order valence-electron chi connectivity index (χ3n) is 6.97. The Balaban J connectivity index is 1.48. The molecule has 4 nitrogen and oxygen atoms in total. The highest BCUT2D eigenvalue weighted by molar-refractivity contribution is 5.80. The highest BCUT2D eigenvalue weighted by Gasteiger charge is 2.59. The Labute approximate surface area is 157 Å². The SMILES string of the molecule is CCNC(=NCC1(c2ccccc2)CCC1)NC1C2CCOC2C1(C)C. The molecule has 4 rings (SSSR count). The zero-order chi connectivity index (χ0) is 18.2. The molecule has 1 aromatic carbocycles. The van der Waals surface area contributed by atoms with Crippen LogP contribution in [-0.4, -0.2) is 37.8 Å². The number of aliphatic imine (C=N–C) groups is 1. The first-order chi connectivity index (χ1) is 12.6. The summed E-state index contributed by atoms with van der Waals surface area (Å²) < 4.78 is 5.94. The van der Waals surface area contributed by atoms with Crippen LogP contribution in [0.1, 0.15) is 52.0 Å². The molecule has 0 amide bonds. The number of nitrogens with one attached hydrogen (secondary N) is 2. The van der Waals surface area contributed by atoms with Gasteiger partial charge in [-0.3, -0.25) is 4.99 Å². The summed E-state index contributed by atoms with van der Waals surface area (Å²) in [6, 6.07) is 11.4. The van der Waals surface area contributed by atoms with Crippen molar-refractivity contribution < 1.29 is 4.74 Å². The molecule has 4 heteroatoms. The van der Waals surface area contributed by atoms with E-state index in [-0.39, 0.29) is 10.8 Å². The van der Waals surface area contributed by atoms with Crippen LogP contribution >= 0.6 is 0 Å². The van der Waals surface area contributed by atoms with E-state index in [1.54, 1.807) is 0 Å². The highest BCUT2D eigenvalue weighted by Crippen LogP contribution is 2.52. The molecule has 1 heterocycles. The van der Waals surface area contributed by atoms with Crippen LogP contribution in [0, 0.1) is 11.3 Å². The Bertz CT molecular complexity index is 651. The van der Waals surface area contributed by atoms with Gasteiger partial charge in [0.25, 0.3) is 0 Å². The molecule has 1 aromatic rings. The minimum Gasteiger partial charge on any atom is -0.377 e. The third kappa shape index (κ3) is 2.92. The van der Waals surface area contributed by atoms with Crippen LogP contribution in [0.15, 0.2) is 35.3 Å². The van der Waals surface area contributed by atoms with E-state index in [0.29, 0.717) is 18.1 Å². The number of hydrogen-bond donors (Lipinski definition) is 2. The summed E-state index contributed by atoms with van der Waals surface area (Å²) in [5, 5.41) is 7.22. The maximum atomic E-state index is 5.94. The molecule has 0 bridgehead atoms. The van der Waals surface area contributed by atoms with E-state index in [1.807, 2.05) is 0 Å². The second-order valence-corrected chi connectivity index (χ2v) is 8.88. The monoisotopic (exact) mass is 355 g/mol. The number of rotatable bonds is 5. The standard InChI is InChI=1S/C22H33N3O/c1-4-23-20(25-18-17-11-14-26-19(17)21(18,2)3)24-15-22(12-8-13-22)16-9-6-5-7-10-16/h5-7,9-10,17-19H,4,8,11-15H2,1-3H3,(H2,23,24,25). The predicted octanol–water partition coefficient (Wildman–Crippen LogP) is 3.48. The van der Waals surface area contributed by atoms with Gasteiger partial charge >= 0.3 is 0 Å². The van der Waals surface area contributed by atoms with Gasteiger partial charge in [0.05, 0.1) is 12.6 Å². The summed E-state index contributed by atoms with van der Waals surface area (Å²) in [6.07, 6.45) is 5.37. The van der Waals surface area contributed by atoms with Gasteiger partial charge in [0, 0.05) is 35.9 Å². The van der Waals surface area contributed by atoms with E-state index < -0.39 is 0 Å². The predicted molar refractivity (Wildman–Crippen MR) is 107 cm³/mol. The quantitative estimate of drug-likeness (QED) is 0.628. The summed E-state index contributed by atoms with van der Waals surface area (Å²) in [6.45, 7) is 9.44. The fourth-order valence-corrected chi connectivity index (χ4v) is 5.25. The van der Waals surface area contributed by atoms with Gasteiger partial charge in [0.1, 0.15) is 0 Å². The Morgan fingerprint density at radius 2 is 2.00 bits per heavy atom. The van der Waals surface area contributed by atoms with E-state index in [9.17, 15) is 0 Å². The van der Waals surface area contributed by atoms with Crippen molar-refractivity contribution in [1.82, 2.24) is 10.6 Å². The molecule has 3 fully saturated rings. The van der Waals surface area contributed by atoms with Gasteiger partial charge in [-0.25, -0.2) is 0 Å². The Kier molecular flexibility index (Phi) is 4.72. The molecular formula is C22H33N3O. The third-order valence-corrected chi connectivity index (χ3v) is 6.97. The van der Waals surface area contributed by atoms with Crippen LogP contribution in [0.4, 0.5) is 0 Å².